The molecule has 2 aromatic carbocycles. The molecule has 1 fully saturated rings. The SMILES string of the molecule is O=C(c1cccc2[nH]cnc12)N1CCN(c2cccc(Cl)c2)CC1. The van der Waals surface area contributed by atoms with Crippen molar-refractivity contribution in [1.29, 1.82) is 0 Å². The Labute approximate surface area is 144 Å². The van der Waals surface area contributed by atoms with E-state index in [9.17, 15) is 4.79 Å². The molecular weight excluding hydrogens is 324 g/mol. The van der Waals surface area contributed by atoms with Gasteiger partial charge < -0.3 is 14.8 Å². The Morgan fingerprint density at radius 3 is 2.67 bits per heavy atom. The number of H-pyrrole nitrogens is 1. The third-order valence-electron chi connectivity index (χ3n) is 4.42. The van der Waals surface area contributed by atoms with Crippen LogP contribution in [0.2, 0.25) is 5.02 Å². The van der Waals surface area contributed by atoms with E-state index in [2.05, 4.69) is 14.9 Å². The molecule has 1 aliphatic rings. The smallest absolute Gasteiger partial charge is 0.256 e. The molecule has 1 N–H and O–H groups in total. The monoisotopic (exact) mass is 340 g/mol. The summed E-state index contributed by atoms with van der Waals surface area (Å²) in [4.78, 5) is 24.3. The zero-order valence-corrected chi connectivity index (χ0v) is 13.8. The summed E-state index contributed by atoms with van der Waals surface area (Å²) in [6, 6.07) is 13.5. The number of nitrogens with one attached hydrogen (secondary N) is 1. The normalized spacial score (nSPS) is 15.0. The summed E-state index contributed by atoms with van der Waals surface area (Å²) < 4.78 is 0. The van der Waals surface area contributed by atoms with Crippen LogP contribution >= 0.6 is 11.6 Å². The first-order valence-corrected chi connectivity index (χ1v) is 8.32. The highest BCUT2D eigenvalue weighted by Gasteiger charge is 2.24. The average molecular weight is 341 g/mol. The highest BCUT2D eigenvalue weighted by molar-refractivity contribution is 6.30. The molecule has 0 radical (unpaired) electrons. The number of rotatable bonds is 2. The van der Waals surface area contributed by atoms with Crippen molar-refractivity contribution < 1.29 is 4.79 Å². The third kappa shape index (κ3) is 2.71. The Balaban J connectivity index is 1.49. The zero-order chi connectivity index (χ0) is 16.5. The van der Waals surface area contributed by atoms with Crippen LogP contribution < -0.4 is 4.90 Å². The van der Waals surface area contributed by atoms with Crippen LogP contribution in [0.3, 0.4) is 0 Å². The van der Waals surface area contributed by atoms with Crippen molar-refractivity contribution in [3.8, 4) is 0 Å². The summed E-state index contributed by atoms with van der Waals surface area (Å²) in [5.41, 5.74) is 3.38. The van der Waals surface area contributed by atoms with Crippen LogP contribution in [0, 0.1) is 0 Å². The number of hydrogen-bond acceptors (Lipinski definition) is 3. The van der Waals surface area contributed by atoms with E-state index in [-0.39, 0.29) is 5.91 Å². The lowest BCUT2D eigenvalue weighted by Crippen LogP contribution is -2.48. The summed E-state index contributed by atoms with van der Waals surface area (Å²) in [5.74, 6) is 0.0402. The fraction of sp³-hybridized carbons (Fsp3) is 0.222. The van der Waals surface area contributed by atoms with Crippen LogP contribution in [0.25, 0.3) is 11.0 Å². The van der Waals surface area contributed by atoms with Gasteiger partial charge in [-0.25, -0.2) is 4.98 Å². The minimum absolute atomic E-state index is 0.0402. The molecule has 1 amide bonds. The molecule has 6 heteroatoms. The van der Waals surface area contributed by atoms with Crippen molar-refractivity contribution in [2.24, 2.45) is 0 Å². The Kier molecular flexibility index (Phi) is 3.86. The first kappa shape index (κ1) is 15.0. The van der Waals surface area contributed by atoms with E-state index in [1.54, 1.807) is 6.33 Å². The molecule has 0 saturated carbocycles. The number of carbonyl (C=O) groups excluding carboxylic acids is 1. The van der Waals surface area contributed by atoms with E-state index in [0.717, 1.165) is 34.8 Å². The average Bonchev–Trinajstić information content (AvgIpc) is 3.10. The van der Waals surface area contributed by atoms with Gasteiger partial charge in [0.1, 0.15) is 5.52 Å². The highest BCUT2D eigenvalue weighted by atomic mass is 35.5. The van der Waals surface area contributed by atoms with Crippen LogP contribution in [0.15, 0.2) is 48.8 Å². The van der Waals surface area contributed by atoms with Crippen molar-refractivity contribution in [3.63, 3.8) is 0 Å². The first-order chi connectivity index (χ1) is 11.7. The Hall–Kier alpha value is -2.53. The molecule has 0 unspecified atom stereocenters. The number of aromatic nitrogens is 2. The van der Waals surface area contributed by atoms with Crippen LogP contribution in [-0.4, -0.2) is 47.0 Å². The number of halogens is 1. The van der Waals surface area contributed by atoms with Gasteiger partial charge in [-0.15, -0.1) is 0 Å². The predicted octanol–water partition coefficient (Wildman–Crippen LogP) is 3.18. The molecule has 0 aliphatic carbocycles. The molecule has 0 bridgehead atoms. The summed E-state index contributed by atoms with van der Waals surface area (Å²) >= 11 is 6.07. The summed E-state index contributed by atoms with van der Waals surface area (Å²) in [6.45, 7) is 2.96. The number of carbonyl (C=O) groups is 1. The van der Waals surface area contributed by atoms with Gasteiger partial charge in [0.2, 0.25) is 0 Å². The quantitative estimate of drug-likeness (QED) is 0.779. The number of aromatic amines is 1. The highest BCUT2D eigenvalue weighted by Crippen LogP contribution is 2.22. The molecular formula is C18H17ClN4O. The standard InChI is InChI=1S/C18H17ClN4O/c19-13-3-1-4-14(11-13)22-7-9-23(10-8-22)18(24)15-5-2-6-16-17(15)21-12-20-16/h1-6,11-12H,7-10H2,(H,20,21). The van der Waals surface area contributed by atoms with Gasteiger partial charge in [0, 0.05) is 36.9 Å². The van der Waals surface area contributed by atoms with Gasteiger partial charge in [-0.2, -0.15) is 0 Å². The van der Waals surface area contributed by atoms with Crippen LogP contribution in [-0.2, 0) is 0 Å². The van der Waals surface area contributed by atoms with E-state index >= 15 is 0 Å². The number of nitrogens with zero attached hydrogens (tertiary/aromatic N) is 3. The topological polar surface area (TPSA) is 52.2 Å². The number of hydrogen-bond donors (Lipinski definition) is 1. The minimum Gasteiger partial charge on any atom is -0.368 e. The number of piperazine rings is 1. The van der Waals surface area contributed by atoms with Gasteiger partial charge in [0.15, 0.2) is 0 Å². The second-order valence-corrected chi connectivity index (χ2v) is 6.30. The predicted molar refractivity (Wildman–Crippen MR) is 95.7 cm³/mol. The van der Waals surface area contributed by atoms with Gasteiger partial charge in [-0.05, 0) is 30.3 Å². The van der Waals surface area contributed by atoms with E-state index in [0.29, 0.717) is 18.7 Å². The fourth-order valence-electron chi connectivity index (χ4n) is 3.15. The Bertz CT molecular complexity index is 883. The second kappa shape index (κ2) is 6.17. The maximum atomic E-state index is 12.8. The van der Waals surface area contributed by atoms with Crippen LogP contribution in [0.1, 0.15) is 10.4 Å². The molecule has 0 spiro atoms. The third-order valence-corrected chi connectivity index (χ3v) is 4.66. The van der Waals surface area contributed by atoms with Crippen molar-refractivity contribution in [3.05, 3.63) is 59.4 Å². The number of para-hydroxylation sites is 1. The molecule has 24 heavy (non-hydrogen) atoms. The molecule has 2 heterocycles. The maximum Gasteiger partial charge on any atom is 0.256 e. The van der Waals surface area contributed by atoms with Gasteiger partial charge in [0.25, 0.3) is 5.91 Å². The van der Waals surface area contributed by atoms with Gasteiger partial charge in [-0.3, -0.25) is 4.79 Å². The molecule has 1 aliphatic heterocycles. The number of imidazole rings is 1. The molecule has 5 nitrogen and oxygen atoms in total. The van der Waals surface area contributed by atoms with E-state index in [1.807, 2.05) is 47.4 Å². The molecule has 1 aromatic heterocycles. The molecule has 3 aromatic rings. The van der Waals surface area contributed by atoms with Crippen molar-refractivity contribution in [2.75, 3.05) is 31.1 Å². The minimum atomic E-state index is 0.0402. The van der Waals surface area contributed by atoms with Gasteiger partial charge in [0.05, 0.1) is 17.4 Å². The van der Waals surface area contributed by atoms with Crippen molar-refractivity contribution in [1.82, 2.24) is 14.9 Å². The largest absolute Gasteiger partial charge is 0.368 e. The first-order valence-electron chi connectivity index (χ1n) is 7.94. The molecule has 4 rings (SSSR count). The van der Waals surface area contributed by atoms with Crippen LogP contribution in [0.4, 0.5) is 5.69 Å². The summed E-state index contributed by atoms with van der Waals surface area (Å²) in [6.07, 6.45) is 1.62. The Morgan fingerprint density at radius 1 is 1.08 bits per heavy atom. The number of anilines is 1. The zero-order valence-electron chi connectivity index (χ0n) is 13.1. The van der Waals surface area contributed by atoms with E-state index in [1.165, 1.54) is 0 Å². The lowest BCUT2D eigenvalue weighted by Gasteiger charge is -2.36. The maximum absolute atomic E-state index is 12.8. The van der Waals surface area contributed by atoms with E-state index < -0.39 is 0 Å². The van der Waals surface area contributed by atoms with Gasteiger partial charge in [-0.1, -0.05) is 23.7 Å². The van der Waals surface area contributed by atoms with Gasteiger partial charge >= 0.3 is 0 Å². The fourth-order valence-corrected chi connectivity index (χ4v) is 3.33. The summed E-state index contributed by atoms with van der Waals surface area (Å²) in [5, 5.41) is 0.733. The Morgan fingerprint density at radius 2 is 1.88 bits per heavy atom. The number of amides is 1. The van der Waals surface area contributed by atoms with Crippen LogP contribution in [0.5, 0.6) is 0 Å². The lowest BCUT2D eigenvalue weighted by atomic mass is 10.1. The molecule has 0 atom stereocenters. The lowest BCUT2D eigenvalue weighted by molar-refractivity contribution is 0.0748. The molecule has 1 saturated heterocycles. The number of fused-ring (bicyclic) bond motifs is 1. The van der Waals surface area contributed by atoms with Crippen molar-refractivity contribution >= 4 is 34.2 Å². The number of benzene rings is 2. The second-order valence-electron chi connectivity index (χ2n) is 5.86. The van der Waals surface area contributed by atoms with E-state index in [4.69, 9.17) is 11.6 Å². The summed E-state index contributed by atoms with van der Waals surface area (Å²) in [7, 11) is 0. The molecule has 122 valence electrons. The van der Waals surface area contributed by atoms with Crippen molar-refractivity contribution in [2.45, 2.75) is 0 Å².